The largest absolute Gasteiger partial charge is 0.349 e. The lowest BCUT2D eigenvalue weighted by atomic mass is 10.2. The fraction of sp³-hybridized carbons (Fsp3) is 0.643. The third-order valence-corrected chi connectivity index (χ3v) is 4.01. The third kappa shape index (κ3) is 3.97. The maximum Gasteiger partial charge on any atom is 0.223 e. The van der Waals surface area contributed by atoms with Gasteiger partial charge in [0.05, 0.1) is 6.54 Å². The number of nitrogens with one attached hydrogen (secondary N) is 1. The normalized spacial score (nSPS) is 22.2. The molecule has 0 amide bonds. The first-order chi connectivity index (χ1) is 10.3. The van der Waals surface area contributed by atoms with Gasteiger partial charge in [-0.15, -0.1) is 24.0 Å². The van der Waals surface area contributed by atoms with Crippen LogP contribution in [-0.4, -0.2) is 65.2 Å². The standard InChI is InChI=1S/C14H22N6O.HI/c1-11-17-13(18-21-11)9-16-14(15-2)20-8-5-12(10-20)19-6-3-4-7-19;/h3-4,12H,5-10H2,1-2H3,(H,15,16);1H. The molecule has 8 heteroatoms. The molecular formula is C14H23IN6O. The van der Waals surface area contributed by atoms with Gasteiger partial charge in [-0.3, -0.25) is 9.89 Å². The van der Waals surface area contributed by atoms with Gasteiger partial charge in [-0.2, -0.15) is 4.98 Å². The Hall–Kier alpha value is -1.16. The summed E-state index contributed by atoms with van der Waals surface area (Å²) in [6.07, 6.45) is 5.67. The van der Waals surface area contributed by atoms with E-state index in [1.807, 2.05) is 7.05 Å². The summed E-state index contributed by atoms with van der Waals surface area (Å²) in [7, 11) is 1.81. The van der Waals surface area contributed by atoms with E-state index in [0.717, 1.165) is 32.1 Å². The minimum absolute atomic E-state index is 0. The van der Waals surface area contributed by atoms with E-state index in [0.29, 0.717) is 24.3 Å². The Morgan fingerprint density at radius 2 is 2.23 bits per heavy atom. The van der Waals surface area contributed by atoms with Crippen molar-refractivity contribution in [3.05, 3.63) is 23.9 Å². The van der Waals surface area contributed by atoms with Gasteiger partial charge in [-0.05, 0) is 6.42 Å². The van der Waals surface area contributed by atoms with E-state index in [4.69, 9.17) is 4.52 Å². The monoisotopic (exact) mass is 418 g/mol. The lowest BCUT2D eigenvalue weighted by Gasteiger charge is -2.25. The molecule has 1 N–H and O–H groups in total. The quantitative estimate of drug-likeness (QED) is 0.342. The maximum atomic E-state index is 4.97. The highest BCUT2D eigenvalue weighted by Gasteiger charge is 2.29. The van der Waals surface area contributed by atoms with Gasteiger partial charge in [0.2, 0.25) is 5.89 Å². The molecule has 0 aromatic carbocycles. The molecule has 2 aliphatic heterocycles. The Balaban J connectivity index is 0.00000176. The zero-order valence-electron chi connectivity index (χ0n) is 13.0. The van der Waals surface area contributed by atoms with E-state index in [1.54, 1.807) is 6.92 Å². The van der Waals surface area contributed by atoms with Crippen molar-refractivity contribution in [2.75, 3.05) is 33.2 Å². The first kappa shape index (κ1) is 17.2. The fourth-order valence-corrected chi connectivity index (χ4v) is 2.93. The number of halogens is 1. The molecule has 7 nitrogen and oxygen atoms in total. The van der Waals surface area contributed by atoms with Crippen LogP contribution in [-0.2, 0) is 6.54 Å². The summed E-state index contributed by atoms with van der Waals surface area (Å²) in [6.45, 7) is 6.54. The molecule has 122 valence electrons. The predicted octanol–water partition coefficient (Wildman–Crippen LogP) is 1.02. The van der Waals surface area contributed by atoms with Crippen molar-refractivity contribution in [3.8, 4) is 0 Å². The van der Waals surface area contributed by atoms with Gasteiger partial charge in [-0.25, -0.2) is 0 Å². The van der Waals surface area contributed by atoms with E-state index in [2.05, 4.69) is 42.4 Å². The van der Waals surface area contributed by atoms with E-state index >= 15 is 0 Å². The summed E-state index contributed by atoms with van der Waals surface area (Å²) in [5.41, 5.74) is 0. The van der Waals surface area contributed by atoms with Crippen LogP contribution in [0.15, 0.2) is 21.7 Å². The molecule has 0 aliphatic carbocycles. The van der Waals surface area contributed by atoms with E-state index in [9.17, 15) is 0 Å². The van der Waals surface area contributed by atoms with Crippen LogP contribution in [0.3, 0.4) is 0 Å². The second-order valence-corrected chi connectivity index (χ2v) is 5.44. The average Bonchev–Trinajstić information content (AvgIpc) is 3.19. The van der Waals surface area contributed by atoms with Crippen molar-refractivity contribution >= 4 is 29.9 Å². The number of rotatable bonds is 3. The molecular weight excluding hydrogens is 395 g/mol. The number of hydrogen-bond donors (Lipinski definition) is 1. The van der Waals surface area contributed by atoms with Crippen LogP contribution in [0.1, 0.15) is 18.1 Å². The molecule has 1 aromatic rings. The molecule has 0 spiro atoms. The zero-order chi connectivity index (χ0) is 14.7. The van der Waals surface area contributed by atoms with Gasteiger partial charge >= 0.3 is 0 Å². The Morgan fingerprint density at radius 1 is 1.45 bits per heavy atom. The Kier molecular flexibility index (Phi) is 6.18. The summed E-state index contributed by atoms with van der Waals surface area (Å²) >= 11 is 0. The molecule has 0 saturated carbocycles. The van der Waals surface area contributed by atoms with Crippen molar-refractivity contribution in [3.63, 3.8) is 0 Å². The molecule has 1 aromatic heterocycles. The third-order valence-electron chi connectivity index (χ3n) is 4.01. The second-order valence-electron chi connectivity index (χ2n) is 5.44. The number of aliphatic imine (C=N–C) groups is 1. The number of guanidine groups is 1. The van der Waals surface area contributed by atoms with Crippen LogP contribution in [0.25, 0.3) is 0 Å². The number of aromatic nitrogens is 2. The second kappa shape index (κ2) is 7.91. The molecule has 3 rings (SSSR count). The first-order valence-electron chi connectivity index (χ1n) is 7.40. The van der Waals surface area contributed by atoms with E-state index in [1.165, 1.54) is 6.42 Å². The van der Waals surface area contributed by atoms with Crippen molar-refractivity contribution in [1.29, 1.82) is 0 Å². The molecule has 0 bridgehead atoms. The van der Waals surface area contributed by atoms with Crippen LogP contribution < -0.4 is 5.32 Å². The van der Waals surface area contributed by atoms with Crippen molar-refractivity contribution < 1.29 is 4.52 Å². The number of likely N-dealkylation sites (tertiary alicyclic amines) is 1. The molecule has 2 aliphatic rings. The Labute approximate surface area is 147 Å². The summed E-state index contributed by atoms with van der Waals surface area (Å²) < 4.78 is 4.97. The van der Waals surface area contributed by atoms with Crippen LogP contribution in [0.5, 0.6) is 0 Å². The van der Waals surface area contributed by atoms with Crippen LogP contribution >= 0.6 is 24.0 Å². The Bertz CT molecular complexity index is 535. The van der Waals surface area contributed by atoms with Gasteiger partial charge in [0, 0.05) is 46.2 Å². The van der Waals surface area contributed by atoms with Crippen LogP contribution in [0.4, 0.5) is 0 Å². The lowest BCUT2D eigenvalue weighted by Crippen LogP contribution is -2.42. The molecule has 1 atom stereocenters. The van der Waals surface area contributed by atoms with Gasteiger partial charge in [0.25, 0.3) is 0 Å². The average molecular weight is 418 g/mol. The summed E-state index contributed by atoms with van der Waals surface area (Å²) in [6, 6.07) is 0.617. The van der Waals surface area contributed by atoms with Crippen molar-refractivity contribution in [2.24, 2.45) is 4.99 Å². The minimum atomic E-state index is 0. The van der Waals surface area contributed by atoms with Gasteiger partial charge in [0.1, 0.15) is 0 Å². The highest BCUT2D eigenvalue weighted by molar-refractivity contribution is 14.0. The summed E-state index contributed by atoms with van der Waals surface area (Å²) in [5.74, 6) is 2.16. The SMILES string of the molecule is CN=C(NCc1noc(C)n1)N1CCC(N2CC=CC2)C1.I. The summed E-state index contributed by atoms with van der Waals surface area (Å²) in [4.78, 5) is 13.4. The maximum absolute atomic E-state index is 4.97. The molecule has 1 fully saturated rings. The van der Waals surface area contributed by atoms with Gasteiger partial charge in [0.15, 0.2) is 11.8 Å². The summed E-state index contributed by atoms with van der Waals surface area (Å²) in [5, 5.41) is 7.20. The first-order valence-corrected chi connectivity index (χ1v) is 7.40. The molecule has 22 heavy (non-hydrogen) atoms. The number of hydrogen-bond acceptors (Lipinski definition) is 5. The van der Waals surface area contributed by atoms with Crippen molar-refractivity contribution in [1.82, 2.24) is 25.3 Å². The van der Waals surface area contributed by atoms with E-state index in [-0.39, 0.29) is 24.0 Å². The minimum Gasteiger partial charge on any atom is -0.349 e. The lowest BCUT2D eigenvalue weighted by molar-refractivity contribution is 0.259. The predicted molar refractivity (Wildman–Crippen MR) is 95.3 cm³/mol. The highest BCUT2D eigenvalue weighted by Crippen LogP contribution is 2.17. The van der Waals surface area contributed by atoms with E-state index < -0.39 is 0 Å². The fourth-order valence-electron chi connectivity index (χ4n) is 2.93. The van der Waals surface area contributed by atoms with Gasteiger partial charge in [-0.1, -0.05) is 17.3 Å². The Morgan fingerprint density at radius 3 is 2.86 bits per heavy atom. The zero-order valence-corrected chi connectivity index (χ0v) is 15.4. The van der Waals surface area contributed by atoms with Crippen LogP contribution in [0.2, 0.25) is 0 Å². The smallest absolute Gasteiger partial charge is 0.223 e. The van der Waals surface area contributed by atoms with Crippen LogP contribution in [0, 0.1) is 6.92 Å². The molecule has 3 heterocycles. The topological polar surface area (TPSA) is 69.8 Å². The number of nitrogens with zero attached hydrogens (tertiary/aromatic N) is 5. The number of aryl methyl sites for hydroxylation is 1. The molecule has 1 saturated heterocycles. The van der Waals surface area contributed by atoms with Crippen molar-refractivity contribution in [2.45, 2.75) is 25.9 Å². The van der Waals surface area contributed by atoms with Gasteiger partial charge < -0.3 is 14.7 Å². The highest BCUT2D eigenvalue weighted by atomic mass is 127. The molecule has 1 unspecified atom stereocenters. The molecule has 0 radical (unpaired) electrons.